The Hall–Kier alpha value is -3.47. The number of nitrogens with zero attached hydrogens (tertiary/aromatic N) is 2. The molecular weight excluding hydrogens is 410 g/mol. The van der Waals surface area contributed by atoms with E-state index >= 15 is 0 Å². The van der Waals surface area contributed by atoms with Gasteiger partial charge in [0.1, 0.15) is 0 Å². The van der Waals surface area contributed by atoms with Crippen molar-refractivity contribution in [2.24, 2.45) is 5.41 Å². The molecule has 2 heterocycles. The molecule has 2 aromatic carbocycles. The molecule has 5 nitrogen and oxygen atoms in total. The third-order valence-electron chi connectivity index (χ3n) is 6.32. The number of rotatable bonds is 7. The van der Waals surface area contributed by atoms with Crippen molar-refractivity contribution in [2.45, 2.75) is 39.2 Å². The summed E-state index contributed by atoms with van der Waals surface area (Å²) in [5.74, 6) is 0.0654. The van der Waals surface area contributed by atoms with E-state index in [1.54, 1.807) is 12.4 Å². The number of nitrogens with one attached hydrogen (secondary N) is 1. The molecule has 0 unspecified atom stereocenters. The van der Waals surface area contributed by atoms with Crippen LogP contribution in [0.2, 0.25) is 0 Å². The molecule has 1 atom stereocenters. The molecule has 0 spiro atoms. The molecule has 0 bridgehead atoms. The van der Waals surface area contributed by atoms with Gasteiger partial charge >= 0.3 is 0 Å². The zero-order valence-corrected chi connectivity index (χ0v) is 19.3. The van der Waals surface area contributed by atoms with Crippen LogP contribution in [0.1, 0.15) is 31.4 Å². The normalized spacial score (nSPS) is 17.8. The highest BCUT2D eigenvalue weighted by Crippen LogP contribution is 2.38. The van der Waals surface area contributed by atoms with Gasteiger partial charge in [0.05, 0.1) is 11.8 Å². The first kappa shape index (κ1) is 22.7. The SMILES string of the molecule is CC(C)NC(=O)[C@@]1(Cc2ccccc2-c2ccccc2)CCN(C(=O)Cc2cccnc2)C1. The molecule has 1 aliphatic heterocycles. The molecule has 0 radical (unpaired) electrons. The monoisotopic (exact) mass is 441 g/mol. The lowest BCUT2D eigenvalue weighted by Gasteiger charge is -2.30. The molecule has 0 saturated carbocycles. The third kappa shape index (κ3) is 5.30. The number of amides is 2. The van der Waals surface area contributed by atoms with Crippen molar-refractivity contribution in [1.82, 2.24) is 15.2 Å². The number of likely N-dealkylation sites (tertiary alicyclic amines) is 1. The fourth-order valence-electron chi connectivity index (χ4n) is 4.64. The molecule has 1 N–H and O–H groups in total. The fourth-order valence-corrected chi connectivity index (χ4v) is 4.64. The van der Waals surface area contributed by atoms with Gasteiger partial charge in [0.15, 0.2) is 0 Å². The molecule has 1 aliphatic rings. The van der Waals surface area contributed by atoms with Crippen molar-refractivity contribution in [3.8, 4) is 11.1 Å². The van der Waals surface area contributed by atoms with Crippen LogP contribution in [0.15, 0.2) is 79.1 Å². The van der Waals surface area contributed by atoms with Crippen LogP contribution in [-0.4, -0.2) is 40.8 Å². The van der Waals surface area contributed by atoms with Gasteiger partial charge in [0.2, 0.25) is 11.8 Å². The van der Waals surface area contributed by atoms with Crippen LogP contribution in [0.5, 0.6) is 0 Å². The Morgan fingerprint density at radius 1 is 1.03 bits per heavy atom. The smallest absolute Gasteiger partial charge is 0.228 e. The van der Waals surface area contributed by atoms with E-state index in [9.17, 15) is 9.59 Å². The average Bonchev–Trinajstić information content (AvgIpc) is 3.26. The molecule has 2 amide bonds. The Bertz CT molecular complexity index is 1100. The number of carbonyl (C=O) groups is 2. The Labute approximate surface area is 195 Å². The minimum atomic E-state index is -0.653. The first-order valence-corrected chi connectivity index (χ1v) is 11.6. The predicted molar refractivity (Wildman–Crippen MR) is 130 cm³/mol. The quantitative estimate of drug-likeness (QED) is 0.595. The van der Waals surface area contributed by atoms with E-state index < -0.39 is 5.41 Å². The lowest BCUT2D eigenvalue weighted by molar-refractivity contribution is -0.133. The molecule has 33 heavy (non-hydrogen) atoms. The first-order valence-electron chi connectivity index (χ1n) is 11.6. The molecule has 1 saturated heterocycles. The summed E-state index contributed by atoms with van der Waals surface area (Å²) in [6, 6.07) is 22.3. The van der Waals surface area contributed by atoms with Gasteiger partial charge in [-0.15, -0.1) is 0 Å². The van der Waals surface area contributed by atoms with Crippen LogP contribution in [0.4, 0.5) is 0 Å². The average molecular weight is 442 g/mol. The minimum absolute atomic E-state index is 0.0250. The molecular formula is C28H31N3O2. The van der Waals surface area contributed by atoms with Gasteiger partial charge in [-0.25, -0.2) is 0 Å². The van der Waals surface area contributed by atoms with E-state index in [1.807, 2.05) is 61.2 Å². The van der Waals surface area contributed by atoms with Crippen LogP contribution in [0.25, 0.3) is 11.1 Å². The summed E-state index contributed by atoms with van der Waals surface area (Å²) in [6.07, 6.45) is 4.97. The van der Waals surface area contributed by atoms with Gasteiger partial charge in [-0.3, -0.25) is 14.6 Å². The second-order valence-corrected chi connectivity index (χ2v) is 9.21. The number of aromatic nitrogens is 1. The van der Waals surface area contributed by atoms with Gasteiger partial charge in [-0.2, -0.15) is 0 Å². The van der Waals surface area contributed by atoms with Crippen LogP contribution in [-0.2, 0) is 22.4 Å². The van der Waals surface area contributed by atoms with Gasteiger partial charge in [-0.05, 0) is 55.0 Å². The number of hydrogen-bond acceptors (Lipinski definition) is 3. The predicted octanol–water partition coefficient (Wildman–Crippen LogP) is 4.28. The number of carbonyl (C=O) groups excluding carboxylic acids is 2. The number of hydrogen-bond donors (Lipinski definition) is 1. The maximum atomic E-state index is 13.5. The lowest BCUT2D eigenvalue weighted by atomic mass is 9.78. The third-order valence-corrected chi connectivity index (χ3v) is 6.32. The Morgan fingerprint density at radius 3 is 2.52 bits per heavy atom. The fraction of sp³-hybridized carbons (Fsp3) is 0.321. The zero-order chi connectivity index (χ0) is 23.3. The summed E-state index contributed by atoms with van der Waals surface area (Å²) in [6.45, 7) is 4.96. The number of pyridine rings is 1. The van der Waals surface area contributed by atoms with Crippen LogP contribution in [0.3, 0.4) is 0 Å². The first-order chi connectivity index (χ1) is 16.0. The maximum absolute atomic E-state index is 13.5. The van der Waals surface area contributed by atoms with Gasteiger partial charge in [0, 0.05) is 31.5 Å². The van der Waals surface area contributed by atoms with E-state index in [2.05, 4.69) is 34.6 Å². The van der Waals surface area contributed by atoms with E-state index in [1.165, 1.54) is 0 Å². The number of benzene rings is 2. The Kier molecular flexibility index (Phi) is 6.87. The summed E-state index contributed by atoms with van der Waals surface area (Å²) in [5, 5.41) is 3.13. The van der Waals surface area contributed by atoms with Crippen LogP contribution < -0.4 is 5.32 Å². The minimum Gasteiger partial charge on any atom is -0.353 e. The maximum Gasteiger partial charge on any atom is 0.228 e. The summed E-state index contributed by atoms with van der Waals surface area (Å²) in [7, 11) is 0. The van der Waals surface area contributed by atoms with Crippen molar-refractivity contribution in [1.29, 1.82) is 0 Å². The van der Waals surface area contributed by atoms with Crippen molar-refractivity contribution in [3.05, 3.63) is 90.3 Å². The molecule has 3 aromatic rings. The van der Waals surface area contributed by atoms with Crippen LogP contribution in [0, 0.1) is 5.41 Å². The Morgan fingerprint density at radius 2 is 1.79 bits per heavy atom. The molecule has 0 aliphatic carbocycles. The van der Waals surface area contributed by atoms with Crippen LogP contribution >= 0.6 is 0 Å². The molecule has 170 valence electrons. The molecule has 5 heteroatoms. The van der Waals surface area contributed by atoms with Crippen molar-refractivity contribution in [3.63, 3.8) is 0 Å². The molecule has 1 aromatic heterocycles. The standard InChI is InChI=1S/C28H31N3O2/c1-21(2)30-27(33)28(14-16-31(20-28)26(32)17-22-9-8-15-29-19-22)18-24-12-6-7-13-25(24)23-10-4-3-5-11-23/h3-13,15,19,21H,14,16-18,20H2,1-2H3,(H,30,33)/t28-/m1/s1. The van der Waals surface area contributed by atoms with Gasteiger partial charge < -0.3 is 10.2 Å². The van der Waals surface area contributed by atoms with Crippen molar-refractivity contribution >= 4 is 11.8 Å². The topological polar surface area (TPSA) is 62.3 Å². The highest BCUT2D eigenvalue weighted by Gasteiger charge is 2.46. The van der Waals surface area contributed by atoms with Gasteiger partial charge in [-0.1, -0.05) is 60.7 Å². The van der Waals surface area contributed by atoms with Crippen molar-refractivity contribution in [2.75, 3.05) is 13.1 Å². The van der Waals surface area contributed by atoms with E-state index in [4.69, 9.17) is 0 Å². The Balaban J connectivity index is 1.61. The lowest BCUT2D eigenvalue weighted by Crippen LogP contribution is -2.47. The zero-order valence-electron chi connectivity index (χ0n) is 19.3. The van der Waals surface area contributed by atoms with Gasteiger partial charge in [0.25, 0.3) is 0 Å². The second kappa shape index (κ2) is 9.99. The summed E-state index contributed by atoms with van der Waals surface area (Å²) in [5.41, 5.74) is 3.63. The van der Waals surface area contributed by atoms with E-state index in [0.29, 0.717) is 32.4 Å². The highest BCUT2D eigenvalue weighted by atomic mass is 16.2. The highest BCUT2D eigenvalue weighted by molar-refractivity contribution is 5.87. The van der Waals surface area contributed by atoms with Crippen molar-refractivity contribution < 1.29 is 9.59 Å². The van der Waals surface area contributed by atoms with E-state index in [-0.39, 0.29) is 17.9 Å². The molecule has 4 rings (SSSR count). The second-order valence-electron chi connectivity index (χ2n) is 9.21. The summed E-state index contributed by atoms with van der Waals surface area (Å²) < 4.78 is 0. The summed E-state index contributed by atoms with van der Waals surface area (Å²) >= 11 is 0. The van der Waals surface area contributed by atoms with E-state index in [0.717, 1.165) is 22.3 Å². The summed E-state index contributed by atoms with van der Waals surface area (Å²) in [4.78, 5) is 32.5. The largest absolute Gasteiger partial charge is 0.353 e. The molecule has 1 fully saturated rings.